The number of aliphatic carboxylic acids is 5. The van der Waals surface area contributed by atoms with Gasteiger partial charge < -0.3 is 25.5 Å². The Bertz CT molecular complexity index is 487. The quantitative estimate of drug-likeness (QED) is 0.133. The fourth-order valence-corrected chi connectivity index (χ4v) is 2.22. The Morgan fingerprint density at radius 1 is 0.429 bits per heavy atom. The van der Waals surface area contributed by atoms with Gasteiger partial charge in [-0.05, 0) is 0 Å². The molecule has 0 aliphatic carbocycles. The molecule has 0 atom stereocenters. The van der Waals surface area contributed by atoms with Crippen LogP contribution in [0.5, 0.6) is 0 Å². The van der Waals surface area contributed by atoms with Crippen molar-refractivity contribution < 1.29 is 89.4 Å². The van der Waals surface area contributed by atoms with E-state index in [2.05, 4.69) is 0 Å². The van der Waals surface area contributed by atoms with Crippen molar-refractivity contribution in [1.82, 2.24) is 14.7 Å². The van der Waals surface area contributed by atoms with Crippen molar-refractivity contribution in [3.8, 4) is 0 Å². The fourth-order valence-electron chi connectivity index (χ4n) is 2.22. The first kappa shape index (κ1) is 28.8. The van der Waals surface area contributed by atoms with Crippen LogP contribution in [0.1, 0.15) is 0 Å². The molecular weight excluding hydrogens is 527 g/mol. The van der Waals surface area contributed by atoms with E-state index in [1.165, 1.54) is 4.90 Å². The molecule has 0 amide bonds. The van der Waals surface area contributed by atoms with E-state index in [1.807, 2.05) is 0 Å². The molecule has 0 unspecified atom stereocenters. The molecule has 13 nitrogen and oxygen atoms in total. The Morgan fingerprint density at radius 3 is 0.821 bits per heavy atom. The van der Waals surface area contributed by atoms with Gasteiger partial charge in [-0.25, -0.2) is 0 Å². The van der Waals surface area contributed by atoms with Crippen molar-refractivity contribution in [3.63, 3.8) is 0 Å². The Hall–Kier alpha value is -1.45. The van der Waals surface area contributed by atoms with Gasteiger partial charge in [0.25, 0.3) is 0 Å². The van der Waals surface area contributed by atoms with E-state index in [1.54, 1.807) is 0 Å². The topological polar surface area (TPSA) is 196 Å². The maximum atomic E-state index is 11.0. The summed E-state index contributed by atoms with van der Waals surface area (Å²) in [5.74, 6) is -6.16. The predicted octanol–water partition coefficient (Wildman–Crippen LogP) is -2.68. The summed E-state index contributed by atoms with van der Waals surface area (Å²) in [5, 5.41) is 44.1. The Labute approximate surface area is 192 Å². The third-order valence-electron chi connectivity index (χ3n) is 3.26. The van der Waals surface area contributed by atoms with E-state index < -0.39 is 62.6 Å². The van der Waals surface area contributed by atoms with Crippen LogP contribution in [-0.2, 0) is 24.0 Å². The summed E-state index contributed by atoms with van der Waals surface area (Å²) >= 11 is 0. The maximum absolute atomic E-state index is 11.0. The molecule has 1 radical (unpaired) electrons. The second kappa shape index (κ2) is 15.5. The largest absolute Gasteiger partial charge is 3.00 e. The zero-order valence-corrected chi connectivity index (χ0v) is 17.1. The molecule has 0 aromatic rings. The van der Waals surface area contributed by atoms with E-state index in [0.717, 1.165) is 9.80 Å². The van der Waals surface area contributed by atoms with Gasteiger partial charge in [-0.15, -0.1) is 0 Å². The van der Waals surface area contributed by atoms with Gasteiger partial charge in [0.2, 0.25) is 0 Å². The minimum Gasteiger partial charge on any atom is -0.480 e. The molecule has 0 aromatic heterocycles. The van der Waals surface area contributed by atoms with Gasteiger partial charge in [0, 0.05) is 26.2 Å². The summed E-state index contributed by atoms with van der Waals surface area (Å²) in [6.07, 6.45) is 0. The first-order valence-electron chi connectivity index (χ1n) is 7.75. The molecule has 5 N–H and O–H groups in total. The van der Waals surface area contributed by atoms with Crippen LogP contribution in [0.3, 0.4) is 0 Å². The van der Waals surface area contributed by atoms with Gasteiger partial charge in [0.05, 0.1) is 32.7 Å². The fraction of sp³-hybridized carbons (Fsp3) is 0.643. The van der Waals surface area contributed by atoms with Gasteiger partial charge in [-0.1, -0.05) is 0 Å². The minimum absolute atomic E-state index is 0. The van der Waals surface area contributed by atoms with Crippen molar-refractivity contribution in [2.45, 2.75) is 0 Å². The summed E-state index contributed by atoms with van der Waals surface area (Å²) in [6.45, 7) is -2.74. The summed E-state index contributed by atoms with van der Waals surface area (Å²) < 4.78 is 0. The number of carbonyl (C=O) groups is 5. The van der Waals surface area contributed by atoms with Crippen LogP contribution in [-0.4, -0.2) is 129 Å². The second-order valence-corrected chi connectivity index (χ2v) is 5.67. The smallest absolute Gasteiger partial charge is 0.480 e. The summed E-state index contributed by atoms with van der Waals surface area (Å²) in [7, 11) is 0. The Morgan fingerprint density at radius 2 is 0.607 bits per heavy atom. The van der Waals surface area contributed by atoms with Crippen LogP contribution in [0.2, 0.25) is 0 Å². The van der Waals surface area contributed by atoms with Gasteiger partial charge in [-0.3, -0.25) is 38.7 Å². The predicted molar refractivity (Wildman–Crippen MR) is 87.5 cm³/mol. The zero-order chi connectivity index (χ0) is 21.0. The average Bonchev–Trinajstić information content (AvgIpc) is 2.46. The van der Waals surface area contributed by atoms with E-state index in [9.17, 15) is 24.0 Å². The summed E-state index contributed by atoms with van der Waals surface area (Å²) in [5.41, 5.74) is 0. The Balaban J connectivity index is 0. The van der Waals surface area contributed by atoms with Crippen LogP contribution in [0, 0.1) is 39.9 Å². The number of hydrogen-bond donors (Lipinski definition) is 5. The molecule has 0 saturated heterocycles. The van der Waals surface area contributed by atoms with Crippen LogP contribution >= 0.6 is 0 Å². The normalized spacial score (nSPS) is 10.7. The third kappa shape index (κ3) is 16.7. The number of rotatable bonds is 16. The SMILES string of the molecule is O=C(O)CN(CCN(CC(=O)O)CC(=O)O)CCN(CC(=O)O)CC(=O)O.[Gd+3]. The molecule has 0 rings (SSSR count). The van der Waals surface area contributed by atoms with Crippen LogP contribution in [0.25, 0.3) is 0 Å². The molecule has 14 heteroatoms. The van der Waals surface area contributed by atoms with Crippen molar-refractivity contribution in [1.29, 1.82) is 0 Å². The molecule has 0 bridgehead atoms. The van der Waals surface area contributed by atoms with Gasteiger partial charge in [0.15, 0.2) is 0 Å². The molecule has 0 fully saturated rings. The second-order valence-electron chi connectivity index (χ2n) is 5.67. The number of carboxylic acids is 5. The van der Waals surface area contributed by atoms with Crippen LogP contribution in [0.15, 0.2) is 0 Å². The van der Waals surface area contributed by atoms with E-state index in [-0.39, 0.29) is 66.1 Å². The van der Waals surface area contributed by atoms with Crippen molar-refractivity contribution in [2.24, 2.45) is 0 Å². The average molecular weight is 551 g/mol. The third-order valence-corrected chi connectivity index (χ3v) is 3.26. The first-order valence-corrected chi connectivity index (χ1v) is 7.75. The molecule has 0 heterocycles. The molecular formula is C14H23GdN3O10+3. The number of carboxylic acid groups (broad SMARTS) is 5. The summed E-state index contributed by atoms with van der Waals surface area (Å²) in [6, 6.07) is 0. The number of nitrogens with zero attached hydrogens (tertiary/aromatic N) is 3. The maximum Gasteiger partial charge on any atom is 3.00 e. The van der Waals surface area contributed by atoms with Crippen molar-refractivity contribution in [3.05, 3.63) is 0 Å². The van der Waals surface area contributed by atoms with E-state index in [4.69, 9.17) is 25.5 Å². The van der Waals surface area contributed by atoms with Gasteiger partial charge in [-0.2, -0.15) is 0 Å². The molecule has 0 aromatic carbocycles. The van der Waals surface area contributed by atoms with Gasteiger partial charge >= 0.3 is 69.8 Å². The zero-order valence-electron chi connectivity index (χ0n) is 14.8. The standard InChI is InChI=1S/C14H23N3O10.Gd/c18-10(19)5-15(1-3-16(6-11(20)21)7-12(22)23)2-4-17(8-13(24)25)9-14(26)27;/h1-9H2,(H,18,19)(H,20,21)(H,22,23)(H,24,25)(H,26,27);/q;+3. The molecule has 0 spiro atoms. The molecule has 0 aliphatic rings. The molecule has 0 aliphatic heterocycles. The van der Waals surface area contributed by atoms with E-state index >= 15 is 0 Å². The number of hydrogen-bond acceptors (Lipinski definition) is 8. The van der Waals surface area contributed by atoms with E-state index in [0.29, 0.717) is 0 Å². The van der Waals surface area contributed by atoms with Crippen molar-refractivity contribution in [2.75, 3.05) is 58.9 Å². The monoisotopic (exact) mass is 551 g/mol. The van der Waals surface area contributed by atoms with Crippen LogP contribution < -0.4 is 0 Å². The molecule has 159 valence electrons. The summed E-state index contributed by atoms with van der Waals surface area (Å²) in [4.78, 5) is 57.6. The molecule has 28 heavy (non-hydrogen) atoms. The van der Waals surface area contributed by atoms with Gasteiger partial charge in [0.1, 0.15) is 0 Å². The molecule has 0 saturated carbocycles. The Kier molecular flexibility index (Phi) is 15.9. The minimum atomic E-state index is -1.24. The van der Waals surface area contributed by atoms with Crippen LogP contribution in [0.4, 0.5) is 0 Å². The van der Waals surface area contributed by atoms with Crippen molar-refractivity contribution >= 4 is 29.8 Å². The first-order chi connectivity index (χ1) is 12.5.